The van der Waals surface area contributed by atoms with Crippen LogP contribution in [0.2, 0.25) is 0 Å². The third kappa shape index (κ3) is 1.65. The summed E-state index contributed by atoms with van der Waals surface area (Å²) in [6.07, 6.45) is 0. The fraction of sp³-hybridized carbons (Fsp3) is 0.385. The first-order chi connectivity index (χ1) is 7.27. The molecule has 1 N–H and O–H groups in total. The van der Waals surface area contributed by atoms with E-state index in [0.29, 0.717) is 6.04 Å². The first-order valence-electron chi connectivity index (χ1n) is 5.53. The average molecular weight is 202 g/mol. The number of fused-ring (bicyclic) bond motifs is 1. The van der Waals surface area contributed by atoms with E-state index in [4.69, 9.17) is 0 Å². The highest BCUT2D eigenvalue weighted by Gasteiger charge is 2.11. The molecule has 0 saturated carbocycles. The highest BCUT2D eigenvalue weighted by Crippen LogP contribution is 2.23. The second-order valence-corrected chi connectivity index (χ2v) is 3.88. The van der Waals surface area contributed by atoms with Crippen molar-refractivity contribution in [1.29, 1.82) is 0 Å². The van der Waals surface area contributed by atoms with E-state index in [1.807, 2.05) is 7.05 Å². The van der Waals surface area contributed by atoms with Gasteiger partial charge in [-0.15, -0.1) is 0 Å². The van der Waals surface area contributed by atoms with Crippen molar-refractivity contribution in [1.82, 2.24) is 9.88 Å². The lowest BCUT2D eigenvalue weighted by Gasteiger charge is -2.13. The van der Waals surface area contributed by atoms with E-state index >= 15 is 0 Å². The van der Waals surface area contributed by atoms with Gasteiger partial charge in [0.1, 0.15) is 0 Å². The highest BCUT2D eigenvalue weighted by molar-refractivity contribution is 5.81. The molecule has 1 heterocycles. The Morgan fingerprint density at radius 2 is 2.07 bits per heavy atom. The van der Waals surface area contributed by atoms with Crippen molar-refractivity contribution in [3.63, 3.8) is 0 Å². The zero-order chi connectivity index (χ0) is 10.8. The van der Waals surface area contributed by atoms with Crippen molar-refractivity contribution < 1.29 is 0 Å². The largest absolute Gasteiger partial charge is 0.343 e. The van der Waals surface area contributed by atoms with Crippen LogP contribution in [0, 0.1) is 0 Å². The summed E-state index contributed by atoms with van der Waals surface area (Å²) in [5.41, 5.74) is 2.69. The molecule has 80 valence electrons. The van der Waals surface area contributed by atoms with Gasteiger partial charge < -0.3 is 9.88 Å². The van der Waals surface area contributed by atoms with Crippen LogP contribution in [-0.2, 0) is 6.54 Å². The number of nitrogens with zero attached hydrogens (tertiary/aromatic N) is 1. The number of rotatable bonds is 3. The molecule has 2 heteroatoms. The lowest BCUT2D eigenvalue weighted by Crippen LogP contribution is -2.16. The van der Waals surface area contributed by atoms with Crippen molar-refractivity contribution >= 4 is 10.9 Å². The molecule has 0 radical (unpaired) electrons. The normalized spacial score (nSPS) is 13.3. The Kier molecular flexibility index (Phi) is 2.78. The SMILES string of the molecule is CCn1c(C(C)NC)cc2ccccc21. The maximum Gasteiger partial charge on any atom is 0.0482 e. The quantitative estimate of drug-likeness (QED) is 0.809. The zero-order valence-corrected chi connectivity index (χ0v) is 9.62. The summed E-state index contributed by atoms with van der Waals surface area (Å²) >= 11 is 0. The average Bonchev–Trinajstić information content (AvgIpc) is 2.66. The maximum atomic E-state index is 3.30. The van der Waals surface area contributed by atoms with Gasteiger partial charge in [0.2, 0.25) is 0 Å². The summed E-state index contributed by atoms with van der Waals surface area (Å²) in [5, 5.41) is 4.63. The predicted octanol–water partition coefficient (Wildman–Crippen LogP) is 2.94. The predicted molar refractivity (Wildman–Crippen MR) is 65.1 cm³/mol. The van der Waals surface area contributed by atoms with Crippen LogP contribution in [-0.4, -0.2) is 11.6 Å². The van der Waals surface area contributed by atoms with Crippen LogP contribution in [0.1, 0.15) is 25.6 Å². The third-order valence-electron chi connectivity index (χ3n) is 3.04. The van der Waals surface area contributed by atoms with E-state index in [0.717, 1.165) is 6.54 Å². The summed E-state index contributed by atoms with van der Waals surface area (Å²) in [6.45, 7) is 5.41. The van der Waals surface area contributed by atoms with Gasteiger partial charge in [0.25, 0.3) is 0 Å². The molecule has 0 saturated heterocycles. The molecule has 0 spiro atoms. The summed E-state index contributed by atoms with van der Waals surface area (Å²) < 4.78 is 2.37. The van der Waals surface area contributed by atoms with Gasteiger partial charge >= 0.3 is 0 Å². The van der Waals surface area contributed by atoms with E-state index in [9.17, 15) is 0 Å². The van der Waals surface area contributed by atoms with E-state index in [2.05, 4.69) is 54.1 Å². The lowest BCUT2D eigenvalue weighted by atomic mass is 10.2. The Morgan fingerprint density at radius 3 is 2.73 bits per heavy atom. The molecule has 2 aromatic rings. The van der Waals surface area contributed by atoms with Gasteiger partial charge in [0, 0.05) is 23.8 Å². The number of hydrogen-bond acceptors (Lipinski definition) is 1. The minimum atomic E-state index is 0.400. The van der Waals surface area contributed by atoms with E-state index in [1.54, 1.807) is 0 Å². The molecule has 0 aliphatic rings. The van der Waals surface area contributed by atoms with Crippen LogP contribution in [0.4, 0.5) is 0 Å². The number of benzene rings is 1. The number of aryl methyl sites for hydroxylation is 1. The Bertz CT molecular complexity index is 457. The van der Waals surface area contributed by atoms with Crippen LogP contribution in [0.15, 0.2) is 30.3 Å². The molecule has 1 aromatic carbocycles. The minimum Gasteiger partial charge on any atom is -0.343 e. The number of nitrogens with one attached hydrogen (secondary N) is 1. The van der Waals surface area contributed by atoms with Crippen LogP contribution in [0.5, 0.6) is 0 Å². The molecular formula is C13H18N2. The van der Waals surface area contributed by atoms with Crippen LogP contribution >= 0.6 is 0 Å². The van der Waals surface area contributed by atoms with E-state index in [-0.39, 0.29) is 0 Å². The van der Waals surface area contributed by atoms with Crippen LogP contribution < -0.4 is 5.32 Å². The molecule has 0 fully saturated rings. The molecule has 15 heavy (non-hydrogen) atoms. The first kappa shape index (κ1) is 10.2. The standard InChI is InChI=1S/C13H18N2/c1-4-15-12-8-6-5-7-11(12)9-13(15)10(2)14-3/h5-10,14H,4H2,1-3H3. The molecule has 0 aliphatic carbocycles. The van der Waals surface area contributed by atoms with E-state index < -0.39 is 0 Å². The van der Waals surface area contributed by atoms with Crippen molar-refractivity contribution in [3.05, 3.63) is 36.0 Å². The van der Waals surface area contributed by atoms with Crippen molar-refractivity contribution in [2.75, 3.05) is 7.05 Å². The van der Waals surface area contributed by atoms with Gasteiger partial charge in [-0.25, -0.2) is 0 Å². The Hall–Kier alpha value is -1.28. The minimum absolute atomic E-state index is 0.400. The number of aromatic nitrogens is 1. The molecule has 2 nitrogen and oxygen atoms in total. The third-order valence-corrected chi connectivity index (χ3v) is 3.04. The summed E-state index contributed by atoms with van der Waals surface area (Å²) in [6, 6.07) is 11.2. The zero-order valence-electron chi connectivity index (χ0n) is 9.62. The molecule has 0 amide bonds. The number of hydrogen-bond donors (Lipinski definition) is 1. The van der Waals surface area contributed by atoms with Gasteiger partial charge in [-0.3, -0.25) is 0 Å². The van der Waals surface area contributed by atoms with Crippen LogP contribution in [0.25, 0.3) is 10.9 Å². The van der Waals surface area contributed by atoms with E-state index in [1.165, 1.54) is 16.6 Å². The topological polar surface area (TPSA) is 17.0 Å². The molecule has 1 unspecified atom stereocenters. The molecule has 2 rings (SSSR count). The van der Waals surface area contributed by atoms with Crippen molar-refractivity contribution in [2.24, 2.45) is 0 Å². The Morgan fingerprint density at radius 1 is 1.33 bits per heavy atom. The first-order valence-corrected chi connectivity index (χ1v) is 5.53. The monoisotopic (exact) mass is 202 g/mol. The molecule has 1 atom stereocenters. The summed E-state index contributed by atoms with van der Waals surface area (Å²) in [7, 11) is 2.00. The number of para-hydroxylation sites is 1. The smallest absolute Gasteiger partial charge is 0.0482 e. The van der Waals surface area contributed by atoms with Gasteiger partial charge in [0.15, 0.2) is 0 Å². The highest BCUT2D eigenvalue weighted by atomic mass is 15.0. The van der Waals surface area contributed by atoms with Gasteiger partial charge in [-0.2, -0.15) is 0 Å². The Labute approximate surface area is 90.9 Å². The fourth-order valence-corrected chi connectivity index (χ4v) is 2.09. The van der Waals surface area contributed by atoms with Crippen LogP contribution in [0.3, 0.4) is 0 Å². The second kappa shape index (κ2) is 4.07. The van der Waals surface area contributed by atoms with Gasteiger partial charge in [-0.05, 0) is 38.4 Å². The summed E-state index contributed by atoms with van der Waals surface area (Å²) in [5.74, 6) is 0. The molecule has 0 bridgehead atoms. The lowest BCUT2D eigenvalue weighted by molar-refractivity contribution is 0.589. The van der Waals surface area contributed by atoms with Gasteiger partial charge in [0.05, 0.1) is 0 Å². The summed E-state index contributed by atoms with van der Waals surface area (Å²) in [4.78, 5) is 0. The molecule has 1 aromatic heterocycles. The Balaban J connectivity index is 2.63. The molecule has 0 aliphatic heterocycles. The van der Waals surface area contributed by atoms with Crippen molar-refractivity contribution in [3.8, 4) is 0 Å². The van der Waals surface area contributed by atoms with Crippen molar-refractivity contribution in [2.45, 2.75) is 26.4 Å². The second-order valence-electron chi connectivity index (χ2n) is 3.88. The molecular weight excluding hydrogens is 184 g/mol. The fourth-order valence-electron chi connectivity index (χ4n) is 2.09. The maximum absolute atomic E-state index is 3.30. The van der Waals surface area contributed by atoms with Gasteiger partial charge in [-0.1, -0.05) is 18.2 Å².